The summed E-state index contributed by atoms with van der Waals surface area (Å²) in [5.41, 5.74) is 0. The van der Waals surface area contributed by atoms with Gasteiger partial charge in [-0.1, -0.05) is 35.5 Å². The Balaban J connectivity index is 3.57. The number of rotatable bonds is 0. The van der Waals surface area contributed by atoms with Crippen molar-refractivity contribution in [2.75, 3.05) is 0 Å². The van der Waals surface area contributed by atoms with Gasteiger partial charge in [0, 0.05) is 6.92 Å². The van der Waals surface area contributed by atoms with Crippen molar-refractivity contribution < 1.29 is 0 Å². The molecule has 63 valence electrons. The Morgan fingerprint density at radius 1 is 0.769 bits per heavy atom. The van der Waals surface area contributed by atoms with Gasteiger partial charge in [0.1, 0.15) is 0 Å². The number of hydrogen-bond acceptors (Lipinski definition) is 0. The standard InChI is InChI=1S/C13H11/c1-3-5-7-9-11-13-12-10-8-6-4-2/h1,7-8,13H2,2H3. The Labute approximate surface area is 81.1 Å². The smallest absolute Gasteiger partial charge is 0.0703 e. The average molecular weight is 167 g/mol. The van der Waals surface area contributed by atoms with Crippen LogP contribution in [0.4, 0.5) is 0 Å². The minimum Gasteiger partial charge on any atom is -0.106 e. The van der Waals surface area contributed by atoms with Crippen molar-refractivity contribution >= 4 is 0 Å². The van der Waals surface area contributed by atoms with Gasteiger partial charge in [-0.25, -0.2) is 0 Å². The van der Waals surface area contributed by atoms with E-state index in [0.29, 0.717) is 19.3 Å². The van der Waals surface area contributed by atoms with Gasteiger partial charge in [0.2, 0.25) is 0 Å². The molecule has 13 heavy (non-hydrogen) atoms. The largest absolute Gasteiger partial charge is 0.106 e. The summed E-state index contributed by atoms with van der Waals surface area (Å²) in [7, 11) is 0. The highest BCUT2D eigenvalue weighted by molar-refractivity contribution is 5.18. The molecule has 0 N–H and O–H groups in total. The molecule has 0 fully saturated rings. The molecule has 0 bridgehead atoms. The van der Waals surface area contributed by atoms with Gasteiger partial charge in [-0.15, -0.1) is 11.8 Å². The third kappa shape index (κ3) is 10.2. The molecular formula is C13H11. The zero-order valence-corrected chi connectivity index (χ0v) is 7.83. The molecule has 0 unspecified atom stereocenters. The zero-order valence-electron chi connectivity index (χ0n) is 7.83. The van der Waals surface area contributed by atoms with E-state index in [1.54, 1.807) is 6.92 Å². The summed E-state index contributed by atoms with van der Waals surface area (Å²) in [4.78, 5) is 0. The minimum absolute atomic E-state index is 0.583. The van der Waals surface area contributed by atoms with Crippen LogP contribution in [-0.2, 0) is 0 Å². The molecule has 0 spiro atoms. The summed E-state index contributed by atoms with van der Waals surface area (Å²) >= 11 is 0. The molecule has 0 saturated heterocycles. The van der Waals surface area contributed by atoms with Crippen LogP contribution in [0.1, 0.15) is 26.2 Å². The fourth-order valence-electron chi connectivity index (χ4n) is 0.533. The molecule has 0 atom stereocenters. The Morgan fingerprint density at radius 2 is 1.23 bits per heavy atom. The molecule has 0 heteroatoms. The van der Waals surface area contributed by atoms with E-state index in [-0.39, 0.29) is 0 Å². The fourth-order valence-corrected chi connectivity index (χ4v) is 0.533. The molecule has 0 heterocycles. The van der Waals surface area contributed by atoms with Gasteiger partial charge in [-0.05, 0) is 6.92 Å². The molecule has 0 aliphatic rings. The van der Waals surface area contributed by atoms with E-state index in [0.717, 1.165) is 0 Å². The normalized spacial score (nSPS) is 5.69. The predicted molar refractivity (Wildman–Crippen MR) is 56.0 cm³/mol. The maximum absolute atomic E-state index is 3.38. The van der Waals surface area contributed by atoms with Crippen molar-refractivity contribution in [3.8, 4) is 47.4 Å². The molecule has 0 aromatic heterocycles. The Hall–Kier alpha value is -1.76. The summed E-state index contributed by atoms with van der Waals surface area (Å²) in [5.74, 6) is 22.5. The lowest BCUT2D eigenvalue weighted by Gasteiger charge is -1.72. The van der Waals surface area contributed by atoms with Crippen LogP contribution in [0.15, 0.2) is 0 Å². The van der Waals surface area contributed by atoms with Gasteiger partial charge in [0.15, 0.2) is 0 Å². The average Bonchev–Trinajstić information content (AvgIpc) is 2.16. The van der Waals surface area contributed by atoms with Crippen LogP contribution < -0.4 is 0 Å². The van der Waals surface area contributed by atoms with Crippen LogP contribution in [0.5, 0.6) is 0 Å². The topological polar surface area (TPSA) is 0 Å². The third-order valence-electron chi connectivity index (χ3n) is 1.08. The molecule has 0 saturated carbocycles. The molecular weight excluding hydrogens is 156 g/mol. The Bertz CT molecular complexity index is 317. The van der Waals surface area contributed by atoms with Crippen LogP contribution >= 0.6 is 0 Å². The fraction of sp³-hybridized carbons (Fsp3) is 0.308. The van der Waals surface area contributed by atoms with E-state index in [1.807, 2.05) is 0 Å². The van der Waals surface area contributed by atoms with E-state index >= 15 is 0 Å². The molecule has 0 aromatic carbocycles. The highest BCUT2D eigenvalue weighted by Gasteiger charge is 1.67. The summed E-state index contributed by atoms with van der Waals surface area (Å²) in [5, 5.41) is 0. The first kappa shape index (κ1) is 11.2. The first-order chi connectivity index (χ1) is 6.41. The van der Waals surface area contributed by atoms with Crippen molar-refractivity contribution in [1.82, 2.24) is 0 Å². The molecule has 0 amide bonds. The first-order valence-corrected chi connectivity index (χ1v) is 3.97. The lowest BCUT2D eigenvalue weighted by Crippen LogP contribution is -1.63. The lowest BCUT2D eigenvalue weighted by atomic mass is 10.3. The predicted octanol–water partition coefficient (Wildman–Crippen LogP) is 2.02. The molecule has 0 nitrogen and oxygen atoms in total. The van der Waals surface area contributed by atoms with Crippen LogP contribution in [0.3, 0.4) is 0 Å². The summed E-state index contributed by atoms with van der Waals surface area (Å²) in [6.07, 6.45) is 1.82. The highest BCUT2D eigenvalue weighted by Crippen LogP contribution is 1.76. The quantitative estimate of drug-likeness (QED) is 0.484. The van der Waals surface area contributed by atoms with E-state index < -0.39 is 0 Å². The maximum atomic E-state index is 3.38. The van der Waals surface area contributed by atoms with Gasteiger partial charge in [-0.2, -0.15) is 0 Å². The Kier molecular flexibility index (Phi) is 8.85. The van der Waals surface area contributed by atoms with Gasteiger partial charge in [0.05, 0.1) is 19.3 Å². The maximum Gasteiger partial charge on any atom is 0.0703 e. The third-order valence-corrected chi connectivity index (χ3v) is 1.08. The summed E-state index contributed by atoms with van der Waals surface area (Å²) in [6.45, 7) is 5.19. The lowest BCUT2D eigenvalue weighted by molar-refractivity contribution is 1.47. The molecule has 0 aromatic rings. The molecule has 0 rings (SSSR count). The van der Waals surface area contributed by atoms with Crippen molar-refractivity contribution in [3.05, 3.63) is 6.92 Å². The van der Waals surface area contributed by atoms with Crippen molar-refractivity contribution in [2.45, 2.75) is 26.2 Å². The molecule has 1 radical (unpaired) electrons. The van der Waals surface area contributed by atoms with E-state index in [1.165, 1.54) is 0 Å². The van der Waals surface area contributed by atoms with E-state index in [2.05, 4.69) is 54.3 Å². The Morgan fingerprint density at radius 3 is 1.69 bits per heavy atom. The van der Waals surface area contributed by atoms with Gasteiger partial charge < -0.3 is 0 Å². The van der Waals surface area contributed by atoms with Gasteiger partial charge in [-0.3, -0.25) is 0 Å². The van der Waals surface area contributed by atoms with Crippen molar-refractivity contribution in [2.24, 2.45) is 0 Å². The summed E-state index contributed by atoms with van der Waals surface area (Å²) < 4.78 is 0. The van der Waals surface area contributed by atoms with E-state index in [9.17, 15) is 0 Å². The van der Waals surface area contributed by atoms with Crippen LogP contribution in [0.2, 0.25) is 0 Å². The van der Waals surface area contributed by atoms with Gasteiger partial charge >= 0.3 is 0 Å². The number of hydrogen-bond donors (Lipinski definition) is 0. The zero-order chi connectivity index (χ0) is 9.78. The second-order valence-electron chi connectivity index (χ2n) is 2.02. The minimum atomic E-state index is 0.583. The van der Waals surface area contributed by atoms with E-state index in [4.69, 9.17) is 0 Å². The van der Waals surface area contributed by atoms with Crippen molar-refractivity contribution in [1.29, 1.82) is 0 Å². The van der Waals surface area contributed by atoms with Crippen molar-refractivity contribution in [3.63, 3.8) is 0 Å². The summed E-state index contributed by atoms with van der Waals surface area (Å²) in [6, 6.07) is 0. The van der Waals surface area contributed by atoms with Crippen LogP contribution in [0.25, 0.3) is 0 Å². The molecule has 0 aliphatic carbocycles. The second kappa shape index (κ2) is 10.2. The first-order valence-electron chi connectivity index (χ1n) is 3.97. The highest BCUT2D eigenvalue weighted by atomic mass is 13.7. The second-order valence-corrected chi connectivity index (χ2v) is 2.02. The van der Waals surface area contributed by atoms with Crippen LogP contribution in [0, 0.1) is 54.3 Å². The molecule has 0 aliphatic heterocycles. The monoisotopic (exact) mass is 167 g/mol. The SMILES string of the molecule is [CH2]C#CCC#CCC#CCC#CC. The van der Waals surface area contributed by atoms with Gasteiger partial charge in [0.25, 0.3) is 0 Å². The van der Waals surface area contributed by atoms with Crippen LogP contribution in [-0.4, -0.2) is 0 Å².